The number of fused-ring (bicyclic) bond motifs is 1. The second-order valence-electron chi connectivity index (χ2n) is 6.10. The first-order valence-corrected chi connectivity index (χ1v) is 8.11. The van der Waals surface area contributed by atoms with E-state index < -0.39 is 0 Å². The van der Waals surface area contributed by atoms with Gasteiger partial charge in [0.25, 0.3) is 0 Å². The van der Waals surface area contributed by atoms with Gasteiger partial charge in [-0.15, -0.1) is 5.10 Å². The van der Waals surface area contributed by atoms with Gasteiger partial charge >= 0.3 is 0 Å². The number of piperazine rings is 1. The van der Waals surface area contributed by atoms with Crippen LogP contribution in [0.5, 0.6) is 0 Å². The monoisotopic (exact) mass is 305 g/mol. The van der Waals surface area contributed by atoms with Crippen LogP contribution in [0.3, 0.4) is 0 Å². The summed E-state index contributed by atoms with van der Waals surface area (Å²) >= 11 is 5.25. The predicted octanol–water partition coefficient (Wildman–Crippen LogP) is 1.40. The quantitative estimate of drug-likeness (QED) is 0.834. The number of hydrogen-bond acceptors (Lipinski definition) is 5. The molecule has 3 heterocycles. The minimum atomic E-state index is 0.423. The average molecular weight is 305 g/mol. The molecular formula is C15H23N5S. The highest BCUT2D eigenvalue weighted by molar-refractivity contribution is 7.80. The van der Waals surface area contributed by atoms with Crippen LogP contribution in [0.4, 0.5) is 5.82 Å². The zero-order valence-corrected chi connectivity index (χ0v) is 13.6. The number of anilines is 1. The highest BCUT2D eigenvalue weighted by Crippen LogP contribution is 2.27. The molecule has 6 heteroatoms. The number of piperidine rings is 1. The van der Waals surface area contributed by atoms with Crippen molar-refractivity contribution in [2.75, 3.05) is 31.1 Å². The van der Waals surface area contributed by atoms with Gasteiger partial charge in [-0.25, -0.2) is 0 Å². The van der Waals surface area contributed by atoms with Gasteiger partial charge in [-0.1, -0.05) is 18.6 Å². The molecule has 2 fully saturated rings. The van der Waals surface area contributed by atoms with Crippen molar-refractivity contribution in [2.45, 2.75) is 39.2 Å². The highest BCUT2D eigenvalue weighted by Gasteiger charge is 2.31. The zero-order valence-electron chi connectivity index (χ0n) is 12.8. The number of aryl methyl sites for hydroxylation is 1. The number of nitrogens with zero attached hydrogens (tertiary/aromatic N) is 4. The Morgan fingerprint density at radius 2 is 2.00 bits per heavy atom. The van der Waals surface area contributed by atoms with Crippen LogP contribution in [0.25, 0.3) is 0 Å². The van der Waals surface area contributed by atoms with Gasteiger partial charge in [0.2, 0.25) is 0 Å². The van der Waals surface area contributed by atoms with Crippen LogP contribution in [0, 0.1) is 13.8 Å². The van der Waals surface area contributed by atoms with Gasteiger partial charge in [-0.2, -0.15) is 5.10 Å². The topological polar surface area (TPSA) is 58.3 Å². The lowest BCUT2D eigenvalue weighted by molar-refractivity contribution is 0.133. The first kappa shape index (κ1) is 14.7. The van der Waals surface area contributed by atoms with E-state index in [1.807, 2.05) is 13.8 Å². The summed E-state index contributed by atoms with van der Waals surface area (Å²) in [5.41, 5.74) is 8.81. The van der Waals surface area contributed by atoms with Crippen LogP contribution in [-0.4, -0.2) is 52.3 Å². The van der Waals surface area contributed by atoms with E-state index in [0.29, 0.717) is 11.0 Å². The van der Waals surface area contributed by atoms with Gasteiger partial charge in [-0.3, -0.25) is 4.90 Å². The minimum Gasteiger partial charge on any atom is -0.389 e. The van der Waals surface area contributed by atoms with Crippen LogP contribution in [-0.2, 0) is 0 Å². The third-order valence-corrected chi connectivity index (χ3v) is 5.02. The Hall–Kier alpha value is -1.27. The lowest BCUT2D eigenvalue weighted by atomic mass is 9.99. The van der Waals surface area contributed by atoms with Crippen molar-refractivity contribution in [2.24, 2.45) is 5.73 Å². The lowest BCUT2D eigenvalue weighted by Crippen LogP contribution is -2.55. The summed E-state index contributed by atoms with van der Waals surface area (Å²) in [6, 6.07) is 0.634. The Kier molecular flexibility index (Phi) is 4.08. The van der Waals surface area contributed by atoms with Crippen LogP contribution >= 0.6 is 12.2 Å². The van der Waals surface area contributed by atoms with Crippen LogP contribution in [0.1, 0.15) is 36.1 Å². The van der Waals surface area contributed by atoms with E-state index in [2.05, 4.69) is 20.0 Å². The van der Waals surface area contributed by atoms with Gasteiger partial charge in [0.05, 0.1) is 11.3 Å². The standard InChI is InChI=1S/C15H23N5S/c1-10-11(2)17-18-15(13(10)14(16)21)20-8-7-19-6-4-3-5-12(19)9-20/h12H,3-9H2,1-2H3,(H2,16,21). The van der Waals surface area contributed by atoms with E-state index in [1.165, 1.54) is 25.8 Å². The second-order valence-corrected chi connectivity index (χ2v) is 6.54. The van der Waals surface area contributed by atoms with Crippen LogP contribution in [0.15, 0.2) is 0 Å². The molecule has 2 aliphatic rings. The molecule has 1 atom stereocenters. The molecule has 5 nitrogen and oxygen atoms in total. The Morgan fingerprint density at radius 1 is 1.19 bits per heavy atom. The van der Waals surface area contributed by atoms with Crippen molar-refractivity contribution in [3.05, 3.63) is 16.8 Å². The second kappa shape index (κ2) is 5.85. The molecule has 114 valence electrons. The van der Waals surface area contributed by atoms with Crippen molar-refractivity contribution in [3.8, 4) is 0 Å². The number of rotatable bonds is 2. The molecule has 2 aliphatic heterocycles. The number of thiocarbonyl (C=S) groups is 1. The molecule has 0 radical (unpaired) electrons. The maximum Gasteiger partial charge on any atom is 0.161 e. The van der Waals surface area contributed by atoms with Gasteiger partial charge in [0.15, 0.2) is 5.82 Å². The van der Waals surface area contributed by atoms with E-state index in [0.717, 1.165) is 42.3 Å². The van der Waals surface area contributed by atoms with E-state index in [-0.39, 0.29) is 0 Å². The van der Waals surface area contributed by atoms with E-state index >= 15 is 0 Å². The van der Waals surface area contributed by atoms with Crippen molar-refractivity contribution in [1.82, 2.24) is 15.1 Å². The van der Waals surface area contributed by atoms with Gasteiger partial charge in [0, 0.05) is 25.7 Å². The summed E-state index contributed by atoms with van der Waals surface area (Å²) in [4.78, 5) is 5.35. The summed E-state index contributed by atoms with van der Waals surface area (Å²) in [5, 5.41) is 8.69. The van der Waals surface area contributed by atoms with Gasteiger partial charge < -0.3 is 10.6 Å². The molecule has 1 aromatic rings. The molecule has 21 heavy (non-hydrogen) atoms. The fourth-order valence-corrected chi connectivity index (χ4v) is 3.71. The Morgan fingerprint density at radius 3 is 2.76 bits per heavy atom. The first-order valence-electron chi connectivity index (χ1n) is 7.70. The summed E-state index contributed by atoms with van der Waals surface area (Å²) in [5.74, 6) is 0.871. The van der Waals surface area contributed by atoms with Gasteiger partial charge in [0.1, 0.15) is 4.99 Å². The SMILES string of the molecule is Cc1nnc(N2CCN3CCCCC3C2)c(C(N)=S)c1C. The smallest absolute Gasteiger partial charge is 0.161 e. The molecule has 0 aliphatic carbocycles. The van der Waals surface area contributed by atoms with E-state index in [4.69, 9.17) is 18.0 Å². The normalized spacial score (nSPS) is 23.0. The number of hydrogen-bond donors (Lipinski definition) is 1. The van der Waals surface area contributed by atoms with Crippen molar-refractivity contribution >= 4 is 23.0 Å². The lowest BCUT2D eigenvalue weighted by Gasteiger charge is -2.44. The summed E-state index contributed by atoms with van der Waals surface area (Å²) in [6.07, 6.45) is 3.94. The Bertz CT molecular complexity index is 559. The molecule has 0 bridgehead atoms. The molecule has 0 aromatic carbocycles. The van der Waals surface area contributed by atoms with Crippen LogP contribution in [0.2, 0.25) is 0 Å². The van der Waals surface area contributed by atoms with E-state index in [9.17, 15) is 0 Å². The summed E-state index contributed by atoms with van der Waals surface area (Å²) in [6.45, 7) is 8.29. The number of nitrogens with two attached hydrogens (primary N) is 1. The molecular weight excluding hydrogens is 282 g/mol. The van der Waals surface area contributed by atoms with Gasteiger partial charge in [-0.05, 0) is 38.8 Å². The van der Waals surface area contributed by atoms with Crippen molar-refractivity contribution < 1.29 is 0 Å². The zero-order chi connectivity index (χ0) is 15.0. The predicted molar refractivity (Wildman–Crippen MR) is 88.8 cm³/mol. The molecule has 2 N–H and O–H groups in total. The largest absolute Gasteiger partial charge is 0.389 e. The summed E-state index contributed by atoms with van der Waals surface area (Å²) < 4.78 is 0. The minimum absolute atomic E-state index is 0.423. The molecule has 2 saturated heterocycles. The molecule has 0 spiro atoms. The fraction of sp³-hybridized carbons (Fsp3) is 0.667. The molecule has 0 amide bonds. The van der Waals surface area contributed by atoms with Crippen molar-refractivity contribution in [1.29, 1.82) is 0 Å². The molecule has 3 rings (SSSR count). The maximum absolute atomic E-state index is 5.95. The van der Waals surface area contributed by atoms with Crippen LogP contribution < -0.4 is 10.6 Å². The average Bonchev–Trinajstić information content (AvgIpc) is 2.49. The first-order chi connectivity index (χ1) is 10.1. The summed E-state index contributed by atoms with van der Waals surface area (Å²) in [7, 11) is 0. The highest BCUT2D eigenvalue weighted by atomic mass is 32.1. The number of aromatic nitrogens is 2. The molecule has 1 aromatic heterocycles. The third-order valence-electron chi connectivity index (χ3n) is 4.82. The van der Waals surface area contributed by atoms with Crippen molar-refractivity contribution in [3.63, 3.8) is 0 Å². The molecule has 1 unspecified atom stereocenters. The maximum atomic E-state index is 5.95. The third kappa shape index (κ3) is 2.74. The Labute approximate surface area is 131 Å². The fourth-order valence-electron chi connectivity index (χ4n) is 3.46. The van der Waals surface area contributed by atoms with E-state index in [1.54, 1.807) is 0 Å². The molecule has 0 saturated carbocycles. The Balaban J connectivity index is 1.90.